The molecular formula is C22H22N2O3. The first-order valence-electron chi connectivity index (χ1n) is 9.06. The normalized spacial score (nSPS) is 14.4. The largest absolute Gasteiger partial charge is 0.507 e. The highest BCUT2D eigenvalue weighted by Crippen LogP contribution is 2.27. The van der Waals surface area contributed by atoms with Gasteiger partial charge in [-0.15, -0.1) is 0 Å². The highest BCUT2D eigenvalue weighted by molar-refractivity contribution is 6.01. The average molecular weight is 362 g/mol. The molecule has 4 rings (SSSR count). The van der Waals surface area contributed by atoms with Crippen molar-refractivity contribution >= 4 is 22.4 Å². The first-order valence-corrected chi connectivity index (χ1v) is 9.06. The molecule has 0 aliphatic carbocycles. The molecule has 5 nitrogen and oxygen atoms in total. The molecule has 3 aromatic rings. The third kappa shape index (κ3) is 3.40. The lowest BCUT2D eigenvalue weighted by Crippen LogP contribution is -2.48. The minimum Gasteiger partial charge on any atom is -0.507 e. The van der Waals surface area contributed by atoms with E-state index in [0.29, 0.717) is 18.7 Å². The van der Waals surface area contributed by atoms with Gasteiger partial charge in [-0.1, -0.05) is 30.3 Å². The van der Waals surface area contributed by atoms with E-state index in [9.17, 15) is 9.90 Å². The van der Waals surface area contributed by atoms with E-state index in [1.54, 1.807) is 24.1 Å². The number of carbonyl (C=O) groups is 1. The second-order valence-electron chi connectivity index (χ2n) is 6.70. The van der Waals surface area contributed by atoms with Crippen LogP contribution in [0.1, 0.15) is 10.4 Å². The van der Waals surface area contributed by atoms with Crippen molar-refractivity contribution in [1.29, 1.82) is 0 Å². The lowest BCUT2D eigenvalue weighted by Gasteiger charge is -2.36. The fourth-order valence-electron chi connectivity index (χ4n) is 3.54. The van der Waals surface area contributed by atoms with E-state index in [1.807, 2.05) is 42.5 Å². The molecule has 0 spiro atoms. The summed E-state index contributed by atoms with van der Waals surface area (Å²) in [4.78, 5) is 17.0. The Morgan fingerprint density at radius 2 is 1.63 bits per heavy atom. The van der Waals surface area contributed by atoms with E-state index in [-0.39, 0.29) is 11.7 Å². The highest BCUT2D eigenvalue weighted by atomic mass is 16.5. The van der Waals surface area contributed by atoms with Crippen LogP contribution in [0.4, 0.5) is 5.69 Å². The Morgan fingerprint density at radius 1 is 0.926 bits per heavy atom. The molecule has 3 aromatic carbocycles. The van der Waals surface area contributed by atoms with Gasteiger partial charge in [0, 0.05) is 37.9 Å². The van der Waals surface area contributed by atoms with Crippen LogP contribution in [0.25, 0.3) is 10.8 Å². The van der Waals surface area contributed by atoms with E-state index in [4.69, 9.17) is 4.74 Å². The minimum absolute atomic E-state index is 0.0360. The molecule has 0 radical (unpaired) electrons. The Labute approximate surface area is 158 Å². The number of phenols is 1. The number of amides is 1. The maximum absolute atomic E-state index is 12.9. The molecule has 0 unspecified atom stereocenters. The SMILES string of the molecule is COc1cccc(N2CCN(C(=O)c3cc4ccccc4cc3O)CC2)c1. The molecule has 1 amide bonds. The molecule has 1 aliphatic heterocycles. The number of carbonyl (C=O) groups excluding carboxylic acids is 1. The number of methoxy groups -OCH3 is 1. The maximum atomic E-state index is 12.9. The summed E-state index contributed by atoms with van der Waals surface area (Å²) >= 11 is 0. The third-order valence-electron chi connectivity index (χ3n) is 5.08. The summed E-state index contributed by atoms with van der Waals surface area (Å²) in [5.41, 5.74) is 1.46. The molecule has 0 atom stereocenters. The highest BCUT2D eigenvalue weighted by Gasteiger charge is 2.24. The molecule has 0 aromatic heterocycles. The first kappa shape index (κ1) is 17.2. The number of hydrogen-bond acceptors (Lipinski definition) is 4. The minimum atomic E-state index is -0.122. The van der Waals surface area contributed by atoms with Gasteiger partial charge < -0.3 is 19.6 Å². The fraction of sp³-hybridized carbons (Fsp3) is 0.227. The number of hydrogen-bond donors (Lipinski definition) is 1. The van der Waals surface area contributed by atoms with Gasteiger partial charge in [0.25, 0.3) is 5.91 Å². The molecule has 1 N–H and O–H groups in total. The number of aromatic hydroxyl groups is 1. The lowest BCUT2D eigenvalue weighted by molar-refractivity contribution is 0.0744. The predicted molar refractivity (Wildman–Crippen MR) is 107 cm³/mol. The van der Waals surface area contributed by atoms with Crippen LogP contribution in [0, 0.1) is 0 Å². The number of benzene rings is 3. The molecule has 1 heterocycles. The number of fused-ring (bicyclic) bond motifs is 1. The molecule has 0 saturated carbocycles. The fourth-order valence-corrected chi connectivity index (χ4v) is 3.54. The Bertz CT molecular complexity index is 978. The lowest BCUT2D eigenvalue weighted by atomic mass is 10.0. The van der Waals surface area contributed by atoms with Crippen LogP contribution in [0.3, 0.4) is 0 Å². The van der Waals surface area contributed by atoms with Crippen molar-refractivity contribution in [2.24, 2.45) is 0 Å². The topological polar surface area (TPSA) is 53.0 Å². The number of piperazine rings is 1. The van der Waals surface area contributed by atoms with Gasteiger partial charge in [-0.3, -0.25) is 4.79 Å². The van der Waals surface area contributed by atoms with Crippen LogP contribution in [0.15, 0.2) is 60.7 Å². The van der Waals surface area contributed by atoms with Gasteiger partial charge in [0.05, 0.1) is 12.7 Å². The van der Waals surface area contributed by atoms with Crippen molar-refractivity contribution < 1.29 is 14.6 Å². The first-order chi connectivity index (χ1) is 13.2. The van der Waals surface area contributed by atoms with Crippen molar-refractivity contribution in [3.8, 4) is 11.5 Å². The Balaban J connectivity index is 1.49. The number of ether oxygens (including phenoxy) is 1. The van der Waals surface area contributed by atoms with Gasteiger partial charge in [-0.05, 0) is 35.0 Å². The Morgan fingerprint density at radius 3 is 2.33 bits per heavy atom. The van der Waals surface area contributed by atoms with E-state index < -0.39 is 0 Å². The summed E-state index contributed by atoms with van der Waals surface area (Å²) in [6.45, 7) is 2.71. The zero-order valence-electron chi connectivity index (χ0n) is 15.3. The summed E-state index contributed by atoms with van der Waals surface area (Å²) in [6, 6.07) is 19.1. The van der Waals surface area contributed by atoms with Crippen LogP contribution < -0.4 is 9.64 Å². The summed E-state index contributed by atoms with van der Waals surface area (Å²) in [5, 5.41) is 12.2. The van der Waals surface area contributed by atoms with Crippen LogP contribution in [0.5, 0.6) is 11.5 Å². The molecule has 0 bridgehead atoms. The summed E-state index contributed by atoms with van der Waals surface area (Å²) in [7, 11) is 1.66. The second kappa shape index (κ2) is 7.19. The van der Waals surface area contributed by atoms with Crippen molar-refractivity contribution in [1.82, 2.24) is 4.90 Å². The third-order valence-corrected chi connectivity index (χ3v) is 5.08. The zero-order chi connectivity index (χ0) is 18.8. The molecule has 27 heavy (non-hydrogen) atoms. The van der Waals surface area contributed by atoms with Gasteiger partial charge in [0.1, 0.15) is 11.5 Å². The van der Waals surface area contributed by atoms with Crippen molar-refractivity contribution in [3.05, 3.63) is 66.2 Å². The monoisotopic (exact) mass is 362 g/mol. The van der Waals surface area contributed by atoms with Crippen LogP contribution in [0.2, 0.25) is 0 Å². The Kier molecular flexibility index (Phi) is 4.59. The molecule has 1 fully saturated rings. The van der Waals surface area contributed by atoms with Gasteiger partial charge in [0.2, 0.25) is 0 Å². The van der Waals surface area contributed by atoms with Crippen LogP contribution in [-0.2, 0) is 0 Å². The predicted octanol–water partition coefficient (Wildman–Crippen LogP) is 3.52. The molecule has 5 heteroatoms. The average Bonchev–Trinajstić information content (AvgIpc) is 2.73. The molecule has 138 valence electrons. The van der Waals surface area contributed by atoms with E-state index in [1.165, 1.54) is 0 Å². The smallest absolute Gasteiger partial charge is 0.257 e. The number of phenolic OH excluding ortho intramolecular Hbond substituents is 1. The zero-order valence-corrected chi connectivity index (χ0v) is 15.3. The van der Waals surface area contributed by atoms with Gasteiger partial charge in [-0.25, -0.2) is 0 Å². The van der Waals surface area contributed by atoms with E-state index >= 15 is 0 Å². The summed E-state index contributed by atoms with van der Waals surface area (Å²) < 4.78 is 5.29. The van der Waals surface area contributed by atoms with Gasteiger partial charge in [0.15, 0.2) is 0 Å². The molecule has 1 aliphatic rings. The molecule has 1 saturated heterocycles. The van der Waals surface area contributed by atoms with E-state index in [0.717, 1.165) is 35.3 Å². The van der Waals surface area contributed by atoms with Crippen molar-refractivity contribution in [2.45, 2.75) is 0 Å². The standard InChI is InChI=1S/C22H22N2O3/c1-27-19-8-4-7-18(15-19)23-9-11-24(12-10-23)22(26)20-13-16-5-2-3-6-17(16)14-21(20)25/h2-8,13-15,25H,9-12H2,1H3. The molecular weight excluding hydrogens is 340 g/mol. The van der Waals surface area contributed by atoms with Crippen LogP contribution >= 0.6 is 0 Å². The summed E-state index contributed by atoms with van der Waals surface area (Å²) in [5.74, 6) is 0.740. The van der Waals surface area contributed by atoms with Crippen LogP contribution in [-0.4, -0.2) is 49.2 Å². The summed E-state index contributed by atoms with van der Waals surface area (Å²) in [6.07, 6.45) is 0. The van der Waals surface area contributed by atoms with Crippen molar-refractivity contribution in [2.75, 3.05) is 38.2 Å². The maximum Gasteiger partial charge on any atom is 0.257 e. The van der Waals surface area contributed by atoms with Gasteiger partial charge >= 0.3 is 0 Å². The number of anilines is 1. The number of rotatable bonds is 3. The van der Waals surface area contributed by atoms with Gasteiger partial charge in [-0.2, -0.15) is 0 Å². The quantitative estimate of drug-likeness (QED) is 0.775. The Hall–Kier alpha value is -3.21. The van der Waals surface area contributed by atoms with E-state index in [2.05, 4.69) is 11.0 Å². The second-order valence-corrected chi connectivity index (χ2v) is 6.70. The van der Waals surface area contributed by atoms with Crippen molar-refractivity contribution in [3.63, 3.8) is 0 Å². The number of nitrogens with zero attached hydrogens (tertiary/aromatic N) is 2.